The third-order valence-corrected chi connectivity index (χ3v) is 8.22. The lowest BCUT2D eigenvalue weighted by Gasteiger charge is -2.13. The molecule has 0 fully saturated rings. The van der Waals surface area contributed by atoms with Gasteiger partial charge in [-0.1, -0.05) is 127 Å². The Kier molecular flexibility index (Phi) is 7.83. The standard InChI is InChI=1S/C43H29N5/c1-4-12-31(13-5-1)39-19-10-20-40(45-39)32-23-21-30(22-24-32)36-26-37(35-18-11-25-44-29-35)28-38(27-36)43-47-41(33-14-6-2-7-15-33)46-42(48-43)34-16-8-3-9-17-34/h1-29H. The molecule has 226 valence electrons. The monoisotopic (exact) mass is 615 g/mol. The van der Waals surface area contributed by atoms with Gasteiger partial charge in [0.1, 0.15) is 0 Å². The van der Waals surface area contributed by atoms with Gasteiger partial charge in [-0.25, -0.2) is 19.9 Å². The molecule has 0 aliphatic heterocycles. The molecule has 0 amide bonds. The van der Waals surface area contributed by atoms with Crippen LogP contribution in [0.5, 0.6) is 0 Å². The fourth-order valence-electron chi connectivity index (χ4n) is 5.76. The van der Waals surface area contributed by atoms with E-state index in [1.807, 2.05) is 97.2 Å². The highest BCUT2D eigenvalue weighted by Crippen LogP contribution is 2.34. The van der Waals surface area contributed by atoms with E-state index in [2.05, 4.69) is 77.8 Å². The summed E-state index contributed by atoms with van der Waals surface area (Å²) in [6.07, 6.45) is 3.67. The van der Waals surface area contributed by atoms with E-state index in [0.717, 1.165) is 61.5 Å². The summed E-state index contributed by atoms with van der Waals surface area (Å²) in [6, 6.07) is 55.6. The lowest BCUT2D eigenvalue weighted by atomic mass is 9.95. The maximum absolute atomic E-state index is 5.01. The molecule has 0 unspecified atom stereocenters. The zero-order valence-electron chi connectivity index (χ0n) is 26.0. The van der Waals surface area contributed by atoms with Gasteiger partial charge in [-0.15, -0.1) is 0 Å². The minimum atomic E-state index is 0.605. The molecule has 3 aromatic heterocycles. The van der Waals surface area contributed by atoms with Gasteiger partial charge < -0.3 is 0 Å². The Morgan fingerprint density at radius 3 is 1.25 bits per heavy atom. The van der Waals surface area contributed by atoms with Crippen LogP contribution < -0.4 is 0 Å². The number of benzene rings is 5. The van der Waals surface area contributed by atoms with Crippen LogP contribution in [0, 0.1) is 0 Å². The first kappa shape index (κ1) is 28.9. The average Bonchev–Trinajstić information content (AvgIpc) is 3.19. The Balaban J connectivity index is 1.23. The largest absolute Gasteiger partial charge is 0.264 e. The summed E-state index contributed by atoms with van der Waals surface area (Å²) in [5.74, 6) is 1.86. The van der Waals surface area contributed by atoms with E-state index in [1.165, 1.54) is 0 Å². The summed E-state index contributed by atoms with van der Waals surface area (Å²) in [6.45, 7) is 0. The SMILES string of the molecule is c1ccc(-c2cccc(-c3ccc(-c4cc(-c5cccnc5)cc(-c5nc(-c6ccccc6)nc(-c6ccccc6)n5)c4)cc3)n2)cc1. The molecule has 5 heteroatoms. The Hall–Kier alpha value is -6.59. The molecule has 0 aliphatic carbocycles. The average molecular weight is 616 g/mol. The quantitative estimate of drug-likeness (QED) is 0.178. The highest BCUT2D eigenvalue weighted by Gasteiger charge is 2.15. The third-order valence-electron chi connectivity index (χ3n) is 8.22. The van der Waals surface area contributed by atoms with Crippen molar-refractivity contribution in [1.29, 1.82) is 0 Å². The van der Waals surface area contributed by atoms with Crippen molar-refractivity contribution in [2.24, 2.45) is 0 Å². The molecule has 8 aromatic rings. The third kappa shape index (κ3) is 6.13. The van der Waals surface area contributed by atoms with Crippen molar-refractivity contribution in [1.82, 2.24) is 24.9 Å². The van der Waals surface area contributed by atoms with Gasteiger partial charge in [-0.3, -0.25) is 4.98 Å². The van der Waals surface area contributed by atoms with E-state index in [0.29, 0.717) is 17.5 Å². The molecule has 5 nitrogen and oxygen atoms in total. The molecule has 0 saturated heterocycles. The molecule has 0 saturated carbocycles. The van der Waals surface area contributed by atoms with Crippen molar-refractivity contribution in [3.8, 4) is 78.9 Å². The molecular weight excluding hydrogens is 587 g/mol. The van der Waals surface area contributed by atoms with E-state index < -0.39 is 0 Å². The summed E-state index contributed by atoms with van der Waals surface area (Å²) >= 11 is 0. The minimum Gasteiger partial charge on any atom is -0.264 e. The van der Waals surface area contributed by atoms with Gasteiger partial charge in [0.15, 0.2) is 17.5 Å². The van der Waals surface area contributed by atoms with E-state index >= 15 is 0 Å². The summed E-state index contributed by atoms with van der Waals surface area (Å²) in [7, 11) is 0. The normalized spacial score (nSPS) is 10.9. The van der Waals surface area contributed by atoms with Crippen molar-refractivity contribution in [2.75, 3.05) is 0 Å². The predicted octanol–water partition coefficient (Wildman–Crippen LogP) is 10.3. The van der Waals surface area contributed by atoms with Crippen LogP contribution in [0.3, 0.4) is 0 Å². The van der Waals surface area contributed by atoms with Crippen molar-refractivity contribution in [3.63, 3.8) is 0 Å². The maximum Gasteiger partial charge on any atom is 0.164 e. The molecule has 8 rings (SSSR count). The second kappa shape index (κ2) is 13.0. The molecule has 5 aromatic carbocycles. The fraction of sp³-hybridized carbons (Fsp3) is 0. The van der Waals surface area contributed by atoms with Gasteiger partial charge in [0.25, 0.3) is 0 Å². The molecule has 0 aliphatic rings. The van der Waals surface area contributed by atoms with Crippen molar-refractivity contribution in [2.45, 2.75) is 0 Å². The predicted molar refractivity (Wildman–Crippen MR) is 193 cm³/mol. The van der Waals surface area contributed by atoms with Crippen LogP contribution >= 0.6 is 0 Å². The van der Waals surface area contributed by atoms with Crippen molar-refractivity contribution in [3.05, 3.63) is 176 Å². The Bertz CT molecular complexity index is 2250. The molecular formula is C43H29N5. The molecule has 0 N–H and O–H groups in total. The molecule has 0 atom stereocenters. The van der Waals surface area contributed by atoms with Crippen LogP contribution in [-0.2, 0) is 0 Å². The van der Waals surface area contributed by atoms with Gasteiger partial charge in [-0.2, -0.15) is 0 Å². The van der Waals surface area contributed by atoms with Crippen LogP contribution in [-0.4, -0.2) is 24.9 Å². The van der Waals surface area contributed by atoms with Crippen LogP contribution in [0.1, 0.15) is 0 Å². The summed E-state index contributed by atoms with van der Waals surface area (Å²) < 4.78 is 0. The van der Waals surface area contributed by atoms with Crippen molar-refractivity contribution >= 4 is 0 Å². The van der Waals surface area contributed by atoms with Gasteiger partial charge in [0.05, 0.1) is 11.4 Å². The number of pyridine rings is 2. The van der Waals surface area contributed by atoms with Gasteiger partial charge >= 0.3 is 0 Å². The van der Waals surface area contributed by atoms with Gasteiger partial charge in [0.2, 0.25) is 0 Å². The molecule has 0 spiro atoms. The zero-order chi connectivity index (χ0) is 32.1. The number of nitrogens with zero attached hydrogens (tertiary/aromatic N) is 5. The lowest BCUT2D eigenvalue weighted by Crippen LogP contribution is -2.00. The molecule has 3 heterocycles. The van der Waals surface area contributed by atoms with E-state index in [-0.39, 0.29) is 0 Å². The fourth-order valence-corrected chi connectivity index (χ4v) is 5.76. The summed E-state index contributed by atoms with van der Waals surface area (Å²) in [4.78, 5) is 24.3. The summed E-state index contributed by atoms with van der Waals surface area (Å²) in [5, 5.41) is 0. The first-order chi connectivity index (χ1) is 23.8. The Labute approximate surface area is 279 Å². The van der Waals surface area contributed by atoms with Crippen LogP contribution in [0.2, 0.25) is 0 Å². The second-order valence-corrected chi connectivity index (χ2v) is 11.4. The van der Waals surface area contributed by atoms with Gasteiger partial charge in [0, 0.05) is 45.8 Å². The molecule has 48 heavy (non-hydrogen) atoms. The van der Waals surface area contributed by atoms with Crippen LogP contribution in [0.25, 0.3) is 78.9 Å². The Morgan fingerprint density at radius 2 is 0.708 bits per heavy atom. The lowest BCUT2D eigenvalue weighted by molar-refractivity contribution is 1.07. The van der Waals surface area contributed by atoms with Crippen LogP contribution in [0.15, 0.2) is 176 Å². The van der Waals surface area contributed by atoms with E-state index in [9.17, 15) is 0 Å². The first-order valence-electron chi connectivity index (χ1n) is 15.8. The molecule has 0 radical (unpaired) electrons. The molecule has 0 bridgehead atoms. The smallest absolute Gasteiger partial charge is 0.164 e. The van der Waals surface area contributed by atoms with E-state index in [4.69, 9.17) is 19.9 Å². The maximum atomic E-state index is 5.01. The first-order valence-corrected chi connectivity index (χ1v) is 15.8. The van der Waals surface area contributed by atoms with Crippen LogP contribution in [0.4, 0.5) is 0 Å². The zero-order valence-corrected chi connectivity index (χ0v) is 26.0. The number of rotatable bonds is 7. The second-order valence-electron chi connectivity index (χ2n) is 11.4. The topological polar surface area (TPSA) is 64.5 Å². The summed E-state index contributed by atoms with van der Waals surface area (Å²) in [5.41, 5.74) is 11.0. The van der Waals surface area contributed by atoms with Gasteiger partial charge in [-0.05, 0) is 53.1 Å². The number of hydrogen-bond donors (Lipinski definition) is 0. The highest BCUT2D eigenvalue weighted by atomic mass is 15.0. The number of hydrogen-bond acceptors (Lipinski definition) is 5. The number of aromatic nitrogens is 5. The Morgan fingerprint density at radius 1 is 0.271 bits per heavy atom. The van der Waals surface area contributed by atoms with Crippen molar-refractivity contribution < 1.29 is 0 Å². The minimum absolute atomic E-state index is 0.605. The highest BCUT2D eigenvalue weighted by molar-refractivity contribution is 5.81. The van der Waals surface area contributed by atoms with E-state index in [1.54, 1.807) is 6.20 Å².